The van der Waals surface area contributed by atoms with Gasteiger partial charge in [0, 0.05) is 19.3 Å². The molecule has 0 saturated heterocycles. The van der Waals surface area contributed by atoms with E-state index < -0.39 is 0 Å². The number of aryl methyl sites for hydroxylation is 1. The summed E-state index contributed by atoms with van der Waals surface area (Å²) in [6.07, 6.45) is 2.40. The van der Waals surface area contributed by atoms with Gasteiger partial charge >= 0.3 is 0 Å². The van der Waals surface area contributed by atoms with E-state index in [0.29, 0.717) is 24.7 Å². The zero-order chi connectivity index (χ0) is 19.8. The largest absolute Gasteiger partial charge is 0.497 e. The van der Waals surface area contributed by atoms with Crippen LogP contribution in [0.1, 0.15) is 27.2 Å². The van der Waals surface area contributed by atoms with Crippen molar-refractivity contribution in [3.63, 3.8) is 0 Å². The summed E-state index contributed by atoms with van der Waals surface area (Å²) in [4.78, 5) is 20.8. The fourth-order valence-corrected chi connectivity index (χ4v) is 2.66. The zero-order valence-corrected chi connectivity index (χ0v) is 16.1. The Hall–Kier alpha value is -3.41. The number of nitrogens with one attached hydrogen (secondary N) is 2. The molecule has 2 N–H and O–H groups in total. The molecule has 0 radical (unpaired) electrons. The van der Waals surface area contributed by atoms with Crippen LogP contribution in [0.15, 0.2) is 60.8 Å². The van der Waals surface area contributed by atoms with E-state index in [2.05, 4.69) is 20.6 Å². The number of anilines is 1. The minimum atomic E-state index is -0.221. The molecule has 0 spiro atoms. The van der Waals surface area contributed by atoms with Crippen molar-refractivity contribution in [2.45, 2.75) is 19.9 Å². The summed E-state index contributed by atoms with van der Waals surface area (Å²) in [7, 11) is 1.65. The predicted octanol–water partition coefficient (Wildman–Crippen LogP) is 3.38. The Morgan fingerprint density at radius 2 is 1.71 bits per heavy atom. The first-order valence-corrected chi connectivity index (χ1v) is 9.17. The Labute approximate surface area is 165 Å². The molecule has 0 unspecified atom stereocenters. The maximum atomic E-state index is 12.4. The van der Waals surface area contributed by atoms with Gasteiger partial charge in [0.15, 0.2) is 0 Å². The lowest BCUT2D eigenvalue weighted by atomic mass is 10.1. The van der Waals surface area contributed by atoms with Crippen LogP contribution in [0.2, 0.25) is 0 Å². The van der Waals surface area contributed by atoms with Crippen LogP contribution in [0.3, 0.4) is 0 Å². The molecule has 0 aliphatic rings. The summed E-state index contributed by atoms with van der Waals surface area (Å²) in [5.41, 5.74) is 3.76. The number of benzene rings is 2. The van der Waals surface area contributed by atoms with Crippen LogP contribution in [0.5, 0.6) is 5.75 Å². The third-order valence-corrected chi connectivity index (χ3v) is 4.32. The van der Waals surface area contributed by atoms with E-state index in [1.54, 1.807) is 19.4 Å². The number of carbonyl (C=O) groups is 1. The second-order valence-electron chi connectivity index (χ2n) is 6.46. The molecule has 6 nitrogen and oxygen atoms in total. The first-order valence-electron chi connectivity index (χ1n) is 9.17. The molecule has 3 aromatic rings. The number of ether oxygens (including phenoxy) is 1. The first-order chi connectivity index (χ1) is 13.6. The summed E-state index contributed by atoms with van der Waals surface area (Å²) in [6.45, 7) is 3.16. The quantitative estimate of drug-likeness (QED) is 0.630. The first kappa shape index (κ1) is 19.4. The predicted molar refractivity (Wildman–Crippen MR) is 110 cm³/mol. The van der Waals surface area contributed by atoms with Crippen molar-refractivity contribution in [2.75, 3.05) is 19.0 Å². The molecule has 0 bridgehead atoms. The summed E-state index contributed by atoms with van der Waals surface area (Å²) in [5.74, 6) is 1.06. The highest BCUT2D eigenvalue weighted by molar-refractivity contribution is 5.92. The van der Waals surface area contributed by atoms with Crippen LogP contribution in [0.4, 0.5) is 5.95 Å². The molecule has 0 aliphatic carbocycles. The Morgan fingerprint density at radius 1 is 1.00 bits per heavy atom. The molecule has 28 heavy (non-hydrogen) atoms. The molecule has 3 rings (SSSR count). The highest BCUT2D eigenvalue weighted by Gasteiger charge is 2.08. The highest BCUT2D eigenvalue weighted by atomic mass is 16.5. The third kappa shape index (κ3) is 5.54. The van der Waals surface area contributed by atoms with Crippen molar-refractivity contribution in [1.29, 1.82) is 0 Å². The number of methoxy groups -OCH3 is 1. The summed E-state index contributed by atoms with van der Waals surface area (Å²) in [5, 5.41) is 6.05. The SMILES string of the molecule is COc1ccc(CCNc2nccc(C(=O)NCc3ccc(C)cc3)n2)cc1. The lowest BCUT2D eigenvalue weighted by molar-refractivity contribution is 0.0946. The lowest BCUT2D eigenvalue weighted by Crippen LogP contribution is -2.24. The second kappa shape index (κ2) is 9.50. The van der Waals surface area contributed by atoms with Gasteiger partial charge in [0.25, 0.3) is 5.91 Å². The average Bonchev–Trinajstić information content (AvgIpc) is 2.74. The Kier molecular flexibility index (Phi) is 6.57. The maximum absolute atomic E-state index is 12.4. The van der Waals surface area contributed by atoms with Crippen LogP contribution in [-0.2, 0) is 13.0 Å². The number of aromatic nitrogens is 2. The van der Waals surface area contributed by atoms with Crippen LogP contribution < -0.4 is 15.4 Å². The van der Waals surface area contributed by atoms with Gasteiger partial charge in [0.1, 0.15) is 11.4 Å². The van der Waals surface area contributed by atoms with Gasteiger partial charge in [-0.25, -0.2) is 9.97 Å². The standard InChI is InChI=1S/C22H24N4O2/c1-16-3-5-18(6-4-16)15-25-21(27)20-12-14-24-22(26-20)23-13-11-17-7-9-19(28-2)10-8-17/h3-10,12,14H,11,13,15H2,1-2H3,(H,25,27)(H,23,24,26). The van der Waals surface area contributed by atoms with Gasteiger partial charge in [-0.15, -0.1) is 0 Å². The number of hydrogen-bond donors (Lipinski definition) is 2. The number of amides is 1. The molecule has 1 aromatic heterocycles. The molecule has 0 aliphatic heterocycles. The molecular formula is C22H24N4O2. The highest BCUT2D eigenvalue weighted by Crippen LogP contribution is 2.12. The normalized spacial score (nSPS) is 10.4. The van der Waals surface area contributed by atoms with Crippen LogP contribution >= 0.6 is 0 Å². The van der Waals surface area contributed by atoms with Gasteiger partial charge in [0.2, 0.25) is 5.95 Å². The molecule has 1 amide bonds. The number of rotatable bonds is 8. The number of hydrogen-bond acceptors (Lipinski definition) is 5. The minimum absolute atomic E-state index is 0.221. The van der Waals surface area contributed by atoms with Crippen molar-refractivity contribution in [1.82, 2.24) is 15.3 Å². The molecule has 0 fully saturated rings. The smallest absolute Gasteiger partial charge is 0.270 e. The summed E-state index contributed by atoms with van der Waals surface area (Å²) < 4.78 is 5.16. The lowest BCUT2D eigenvalue weighted by Gasteiger charge is -2.08. The van der Waals surface area contributed by atoms with E-state index in [1.807, 2.05) is 55.5 Å². The van der Waals surface area contributed by atoms with E-state index in [4.69, 9.17) is 4.74 Å². The van der Waals surface area contributed by atoms with E-state index >= 15 is 0 Å². The van der Waals surface area contributed by atoms with Crippen molar-refractivity contribution < 1.29 is 9.53 Å². The second-order valence-corrected chi connectivity index (χ2v) is 6.46. The molecule has 0 saturated carbocycles. The van der Waals surface area contributed by atoms with Gasteiger partial charge in [-0.05, 0) is 42.7 Å². The van der Waals surface area contributed by atoms with Crippen molar-refractivity contribution in [3.8, 4) is 5.75 Å². The maximum Gasteiger partial charge on any atom is 0.270 e. The van der Waals surface area contributed by atoms with Gasteiger partial charge < -0.3 is 15.4 Å². The fraction of sp³-hybridized carbons (Fsp3) is 0.227. The van der Waals surface area contributed by atoms with Crippen LogP contribution in [0, 0.1) is 6.92 Å². The van der Waals surface area contributed by atoms with Gasteiger partial charge in [0.05, 0.1) is 7.11 Å². The van der Waals surface area contributed by atoms with Gasteiger partial charge in [-0.3, -0.25) is 4.79 Å². The summed E-state index contributed by atoms with van der Waals surface area (Å²) >= 11 is 0. The van der Waals surface area contributed by atoms with Crippen LogP contribution in [-0.4, -0.2) is 29.5 Å². The van der Waals surface area contributed by atoms with Crippen LogP contribution in [0.25, 0.3) is 0 Å². The van der Waals surface area contributed by atoms with E-state index in [9.17, 15) is 4.79 Å². The van der Waals surface area contributed by atoms with E-state index in [1.165, 1.54) is 11.1 Å². The average molecular weight is 376 g/mol. The Bertz CT molecular complexity index is 909. The molecule has 144 valence electrons. The van der Waals surface area contributed by atoms with E-state index in [-0.39, 0.29) is 5.91 Å². The monoisotopic (exact) mass is 376 g/mol. The number of nitrogens with zero attached hydrogens (tertiary/aromatic N) is 2. The van der Waals surface area contributed by atoms with Crippen molar-refractivity contribution in [3.05, 3.63) is 83.2 Å². The van der Waals surface area contributed by atoms with E-state index in [0.717, 1.165) is 17.7 Å². The van der Waals surface area contributed by atoms with Gasteiger partial charge in [-0.1, -0.05) is 42.0 Å². The number of carbonyl (C=O) groups excluding carboxylic acids is 1. The molecule has 6 heteroatoms. The zero-order valence-electron chi connectivity index (χ0n) is 16.1. The molecular weight excluding hydrogens is 352 g/mol. The Balaban J connectivity index is 1.50. The van der Waals surface area contributed by atoms with Crippen molar-refractivity contribution >= 4 is 11.9 Å². The van der Waals surface area contributed by atoms with Crippen molar-refractivity contribution in [2.24, 2.45) is 0 Å². The molecule has 0 atom stereocenters. The summed E-state index contributed by atoms with van der Waals surface area (Å²) in [6, 6.07) is 17.6. The molecule has 1 heterocycles. The fourth-order valence-electron chi connectivity index (χ4n) is 2.66. The topological polar surface area (TPSA) is 76.1 Å². The molecule has 2 aromatic carbocycles. The van der Waals surface area contributed by atoms with Gasteiger partial charge in [-0.2, -0.15) is 0 Å². The minimum Gasteiger partial charge on any atom is -0.497 e. The third-order valence-electron chi connectivity index (χ3n) is 4.32. The Morgan fingerprint density at radius 3 is 2.43 bits per heavy atom.